The van der Waals surface area contributed by atoms with Crippen molar-refractivity contribution in [3.05, 3.63) is 23.3 Å². The van der Waals surface area contributed by atoms with Crippen molar-refractivity contribution in [2.75, 3.05) is 19.0 Å². The van der Waals surface area contributed by atoms with Crippen LogP contribution in [0, 0.1) is 6.92 Å². The highest BCUT2D eigenvalue weighted by atomic mass is 35.5. The Kier molecular flexibility index (Phi) is 5.58. The molecule has 0 saturated carbocycles. The Hall–Kier alpha value is -1.62. The van der Waals surface area contributed by atoms with Gasteiger partial charge in [0.15, 0.2) is 11.5 Å². The van der Waals surface area contributed by atoms with E-state index in [1.165, 1.54) is 12.1 Å². The van der Waals surface area contributed by atoms with Crippen LogP contribution in [-0.4, -0.2) is 35.3 Å². The highest BCUT2D eigenvalue weighted by Gasteiger charge is 2.06. The van der Waals surface area contributed by atoms with E-state index in [4.69, 9.17) is 16.3 Å². The maximum atomic E-state index is 11.1. The average Bonchev–Trinajstić information content (AvgIpc) is 2.33. The Labute approximate surface area is 110 Å². The first kappa shape index (κ1) is 14.4. The zero-order valence-electron chi connectivity index (χ0n) is 10.1. The summed E-state index contributed by atoms with van der Waals surface area (Å²) in [6.45, 7) is 2.37. The van der Waals surface area contributed by atoms with Gasteiger partial charge < -0.3 is 20.3 Å². The van der Waals surface area contributed by atoms with Gasteiger partial charge in [0.2, 0.25) is 0 Å². The molecule has 0 radical (unpaired) electrons. The lowest BCUT2D eigenvalue weighted by Crippen LogP contribution is -2.27. The number of alkyl halides is 1. The summed E-state index contributed by atoms with van der Waals surface area (Å²) >= 11 is 5.37. The molecule has 0 atom stereocenters. The monoisotopic (exact) mass is 273 g/mol. The Balaban J connectivity index is 2.44. The topological polar surface area (TPSA) is 78.8 Å². The van der Waals surface area contributed by atoms with Crippen LogP contribution in [0.15, 0.2) is 12.1 Å². The molecule has 3 N–H and O–H groups in total. The first-order chi connectivity index (χ1) is 8.54. The van der Waals surface area contributed by atoms with E-state index >= 15 is 0 Å². The molecule has 1 amide bonds. The van der Waals surface area contributed by atoms with Gasteiger partial charge in [-0.1, -0.05) is 0 Å². The quantitative estimate of drug-likeness (QED) is 0.566. The summed E-state index contributed by atoms with van der Waals surface area (Å²) in [4.78, 5) is 11.1. The summed E-state index contributed by atoms with van der Waals surface area (Å²) in [6.07, 6.45) is 0.0200. The van der Waals surface area contributed by atoms with Gasteiger partial charge >= 0.3 is 6.09 Å². The van der Waals surface area contributed by atoms with Crippen molar-refractivity contribution in [3.8, 4) is 11.5 Å². The van der Waals surface area contributed by atoms with Crippen LogP contribution < -0.4 is 5.32 Å². The summed E-state index contributed by atoms with van der Waals surface area (Å²) in [7, 11) is 0. The lowest BCUT2D eigenvalue weighted by molar-refractivity contribution is 0.153. The minimum Gasteiger partial charge on any atom is -0.504 e. The molecule has 0 fully saturated rings. The van der Waals surface area contributed by atoms with Crippen LogP contribution in [0.2, 0.25) is 0 Å². The standard InChI is InChI=1S/C12H16ClNO4/c1-8-6-10(15)11(16)7-9(8)2-4-14-12(17)18-5-3-13/h6-7,15-16H,2-5H2,1H3,(H,14,17). The van der Waals surface area contributed by atoms with Crippen molar-refractivity contribution in [2.24, 2.45) is 0 Å². The fraction of sp³-hybridized carbons (Fsp3) is 0.417. The molecule has 0 unspecified atom stereocenters. The molecule has 0 bridgehead atoms. The summed E-state index contributed by atoms with van der Waals surface area (Å²) in [5, 5.41) is 21.2. The molecule has 0 spiro atoms. The van der Waals surface area contributed by atoms with E-state index in [1.807, 2.05) is 6.92 Å². The third-order valence-electron chi connectivity index (χ3n) is 2.41. The van der Waals surface area contributed by atoms with E-state index in [9.17, 15) is 15.0 Å². The lowest BCUT2D eigenvalue weighted by atomic mass is 10.0. The Morgan fingerprint density at radius 1 is 1.39 bits per heavy atom. The fourth-order valence-electron chi connectivity index (χ4n) is 1.48. The summed E-state index contributed by atoms with van der Waals surface area (Å²) in [6, 6.07) is 2.97. The molecule has 0 aliphatic heterocycles. The van der Waals surface area contributed by atoms with Crippen LogP contribution in [0.5, 0.6) is 11.5 Å². The van der Waals surface area contributed by atoms with E-state index in [2.05, 4.69) is 5.32 Å². The van der Waals surface area contributed by atoms with Crippen LogP contribution in [0.25, 0.3) is 0 Å². The number of aromatic hydroxyl groups is 2. The van der Waals surface area contributed by atoms with E-state index in [1.54, 1.807) is 0 Å². The second-order valence-corrected chi connectivity index (χ2v) is 4.15. The predicted octanol–water partition coefficient (Wildman–Crippen LogP) is 1.91. The highest BCUT2D eigenvalue weighted by molar-refractivity contribution is 6.18. The van der Waals surface area contributed by atoms with Gasteiger partial charge in [0.25, 0.3) is 0 Å². The SMILES string of the molecule is Cc1cc(O)c(O)cc1CCNC(=O)OCCCl. The lowest BCUT2D eigenvalue weighted by Gasteiger charge is -2.09. The zero-order chi connectivity index (χ0) is 13.5. The molecule has 18 heavy (non-hydrogen) atoms. The minimum atomic E-state index is -0.517. The third-order valence-corrected chi connectivity index (χ3v) is 2.56. The number of amides is 1. The van der Waals surface area contributed by atoms with Crippen molar-refractivity contribution < 1.29 is 19.7 Å². The molecule has 6 heteroatoms. The molecule has 0 aliphatic rings. The molecule has 0 aliphatic carbocycles. The number of benzene rings is 1. The first-order valence-corrected chi connectivity index (χ1v) is 6.06. The third kappa shape index (κ3) is 4.33. The van der Waals surface area contributed by atoms with Gasteiger partial charge in [-0.2, -0.15) is 0 Å². The van der Waals surface area contributed by atoms with E-state index < -0.39 is 6.09 Å². The molecule has 1 aromatic rings. The maximum Gasteiger partial charge on any atom is 0.407 e. The van der Waals surface area contributed by atoms with E-state index in [0.29, 0.717) is 13.0 Å². The number of hydrogen-bond acceptors (Lipinski definition) is 4. The Morgan fingerprint density at radius 2 is 2.06 bits per heavy atom. The molecule has 1 aromatic carbocycles. The van der Waals surface area contributed by atoms with Gasteiger partial charge in [-0.15, -0.1) is 11.6 Å². The number of phenolic OH excluding ortho intramolecular Hbond substituents is 2. The van der Waals surface area contributed by atoms with Gasteiger partial charge in [0.05, 0.1) is 5.88 Å². The van der Waals surface area contributed by atoms with E-state index in [-0.39, 0.29) is 24.0 Å². The number of hydrogen-bond donors (Lipinski definition) is 3. The molecular weight excluding hydrogens is 258 g/mol. The summed E-state index contributed by atoms with van der Waals surface area (Å²) < 4.78 is 4.73. The van der Waals surface area contributed by atoms with Crippen LogP contribution in [0.4, 0.5) is 4.79 Å². The molecule has 100 valence electrons. The second-order valence-electron chi connectivity index (χ2n) is 3.77. The minimum absolute atomic E-state index is 0.147. The van der Waals surface area contributed by atoms with Crippen molar-refractivity contribution in [3.63, 3.8) is 0 Å². The largest absolute Gasteiger partial charge is 0.504 e. The van der Waals surface area contributed by atoms with Crippen LogP contribution in [0.3, 0.4) is 0 Å². The van der Waals surface area contributed by atoms with Gasteiger partial charge in [0.1, 0.15) is 6.61 Å². The van der Waals surface area contributed by atoms with Gasteiger partial charge in [0, 0.05) is 6.54 Å². The van der Waals surface area contributed by atoms with Gasteiger partial charge in [-0.3, -0.25) is 0 Å². The number of carbonyl (C=O) groups is 1. The van der Waals surface area contributed by atoms with Gasteiger partial charge in [-0.25, -0.2) is 4.79 Å². The van der Waals surface area contributed by atoms with E-state index in [0.717, 1.165) is 11.1 Å². The van der Waals surface area contributed by atoms with Crippen LogP contribution >= 0.6 is 11.6 Å². The fourth-order valence-corrected chi connectivity index (χ4v) is 1.55. The van der Waals surface area contributed by atoms with Crippen molar-refractivity contribution in [2.45, 2.75) is 13.3 Å². The number of nitrogens with one attached hydrogen (secondary N) is 1. The molecular formula is C12H16ClNO4. The molecule has 0 saturated heterocycles. The molecule has 5 nitrogen and oxygen atoms in total. The first-order valence-electron chi connectivity index (χ1n) is 5.52. The molecule has 0 aromatic heterocycles. The normalized spacial score (nSPS) is 10.1. The highest BCUT2D eigenvalue weighted by Crippen LogP contribution is 2.27. The number of carbonyl (C=O) groups excluding carboxylic acids is 1. The number of aryl methyl sites for hydroxylation is 1. The smallest absolute Gasteiger partial charge is 0.407 e. The average molecular weight is 274 g/mol. The van der Waals surface area contributed by atoms with Gasteiger partial charge in [-0.05, 0) is 36.6 Å². The second kappa shape index (κ2) is 6.96. The zero-order valence-corrected chi connectivity index (χ0v) is 10.8. The van der Waals surface area contributed by atoms with Crippen molar-refractivity contribution >= 4 is 17.7 Å². The molecule has 1 rings (SSSR count). The van der Waals surface area contributed by atoms with Crippen molar-refractivity contribution in [1.82, 2.24) is 5.32 Å². The van der Waals surface area contributed by atoms with Crippen LogP contribution in [0.1, 0.15) is 11.1 Å². The number of alkyl carbamates (subject to hydrolysis) is 1. The number of ether oxygens (including phenoxy) is 1. The number of phenols is 2. The summed E-state index contributed by atoms with van der Waals surface area (Å²) in [5.41, 5.74) is 1.70. The Bertz CT molecular complexity index is 423. The maximum absolute atomic E-state index is 11.1. The number of rotatable bonds is 5. The summed E-state index contributed by atoms with van der Waals surface area (Å²) in [5.74, 6) is -0.0516. The predicted molar refractivity (Wildman–Crippen MR) is 68.3 cm³/mol. The number of halogens is 1. The van der Waals surface area contributed by atoms with Crippen molar-refractivity contribution in [1.29, 1.82) is 0 Å². The molecule has 0 heterocycles. The van der Waals surface area contributed by atoms with Crippen LogP contribution in [-0.2, 0) is 11.2 Å². The Morgan fingerprint density at radius 3 is 2.72 bits per heavy atom.